The van der Waals surface area contributed by atoms with Gasteiger partial charge in [-0.3, -0.25) is 14.9 Å². The molecule has 8 nitrogen and oxygen atoms in total. The van der Waals surface area contributed by atoms with Crippen molar-refractivity contribution < 1.29 is 9.72 Å². The minimum atomic E-state index is -0.781. The highest BCUT2D eigenvalue weighted by atomic mass is 35.5. The smallest absolute Gasteiger partial charge is 0.271 e. The number of anilines is 2. The number of benzene rings is 2. The number of amides is 1. The van der Waals surface area contributed by atoms with Crippen molar-refractivity contribution in [1.82, 2.24) is 0 Å². The van der Waals surface area contributed by atoms with E-state index in [0.717, 1.165) is 6.07 Å². The Kier molecular flexibility index (Phi) is 5.88. The second kappa shape index (κ2) is 8.29. The third kappa shape index (κ3) is 4.57. The number of rotatable bonds is 5. The molecule has 0 heterocycles. The quantitative estimate of drug-likeness (QED) is 0.359. The van der Waals surface area contributed by atoms with Crippen LogP contribution >= 0.6 is 11.6 Å². The van der Waals surface area contributed by atoms with Gasteiger partial charge in [-0.25, -0.2) is 0 Å². The Morgan fingerprint density at radius 2 is 1.88 bits per heavy atom. The van der Waals surface area contributed by atoms with Crippen LogP contribution in [0.3, 0.4) is 0 Å². The Labute approximate surface area is 153 Å². The number of nitrogens with one attached hydrogen (secondary N) is 2. The van der Waals surface area contributed by atoms with E-state index >= 15 is 0 Å². The van der Waals surface area contributed by atoms with Gasteiger partial charge in [0.1, 0.15) is 11.6 Å². The van der Waals surface area contributed by atoms with Gasteiger partial charge in [0.15, 0.2) is 0 Å². The van der Waals surface area contributed by atoms with Crippen molar-refractivity contribution in [2.24, 2.45) is 0 Å². The summed E-state index contributed by atoms with van der Waals surface area (Å²) < 4.78 is 0. The molecule has 2 rings (SSSR count). The van der Waals surface area contributed by atoms with Gasteiger partial charge in [0.05, 0.1) is 27.3 Å². The van der Waals surface area contributed by atoms with Gasteiger partial charge in [0.25, 0.3) is 11.6 Å². The highest BCUT2D eigenvalue weighted by Gasteiger charge is 2.15. The molecule has 2 aromatic carbocycles. The van der Waals surface area contributed by atoms with Crippen molar-refractivity contribution in [3.8, 4) is 12.1 Å². The molecule has 0 aliphatic carbocycles. The highest BCUT2D eigenvalue weighted by Crippen LogP contribution is 2.27. The minimum absolute atomic E-state index is 0.0189. The molecule has 0 bridgehead atoms. The molecule has 0 aliphatic heterocycles. The van der Waals surface area contributed by atoms with E-state index in [1.807, 2.05) is 6.07 Å². The third-order valence-electron chi connectivity index (χ3n) is 3.17. The van der Waals surface area contributed by atoms with Gasteiger partial charge in [-0.05, 0) is 30.3 Å². The zero-order chi connectivity index (χ0) is 19.1. The van der Waals surface area contributed by atoms with Crippen molar-refractivity contribution in [2.75, 3.05) is 10.6 Å². The van der Waals surface area contributed by atoms with Gasteiger partial charge >= 0.3 is 0 Å². The average molecular weight is 368 g/mol. The molecule has 0 saturated heterocycles. The van der Waals surface area contributed by atoms with Crippen LogP contribution in [0.4, 0.5) is 17.1 Å². The van der Waals surface area contributed by atoms with E-state index in [9.17, 15) is 14.9 Å². The van der Waals surface area contributed by atoms with Crippen LogP contribution in [0.1, 0.15) is 5.56 Å². The largest absolute Gasteiger partial charge is 0.360 e. The number of non-ortho nitro benzene ring substituents is 1. The summed E-state index contributed by atoms with van der Waals surface area (Å²) in [5.41, 5.74) is 0.543. The molecule has 2 N–H and O–H groups in total. The number of hydrogen-bond donors (Lipinski definition) is 2. The van der Waals surface area contributed by atoms with E-state index in [1.165, 1.54) is 18.3 Å². The van der Waals surface area contributed by atoms with Crippen LogP contribution in [0.2, 0.25) is 5.02 Å². The zero-order valence-corrected chi connectivity index (χ0v) is 13.8. The number of carbonyl (C=O) groups excluding carboxylic acids is 1. The van der Waals surface area contributed by atoms with Crippen molar-refractivity contribution in [1.29, 1.82) is 10.5 Å². The van der Waals surface area contributed by atoms with Crippen molar-refractivity contribution in [3.63, 3.8) is 0 Å². The van der Waals surface area contributed by atoms with Crippen molar-refractivity contribution in [3.05, 3.63) is 74.9 Å². The zero-order valence-electron chi connectivity index (χ0n) is 13.1. The molecular formula is C17H10ClN5O3. The SMILES string of the molecule is N#C/C(=C/Nc1ccc(C#N)cc1)C(=O)Nc1cc([N+](=O)[O-])ccc1Cl. The van der Waals surface area contributed by atoms with E-state index in [4.69, 9.17) is 22.1 Å². The number of nitro groups is 1. The van der Waals surface area contributed by atoms with Gasteiger partial charge in [-0.1, -0.05) is 11.6 Å². The highest BCUT2D eigenvalue weighted by molar-refractivity contribution is 6.34. The summed E-state index contributed by atoms with van der Waals surface area (Å²) >= 11 is 5.91. The van der Waals surface area contributed by atoms with Crippen LogP contribution in [0.5, 0.6) is 0 Å². The number of nitriles is 2. The monoisotopic (exact) mass is 367 g/mol. The molecule has 0 aromatic heterocycles. The summed E-state index contributed by atoms with van der Waals surface area (Å²) in [6.45, 7) is 0. The predicted octanol–water partition coefficient (Wildman–Crippen LogP) is 3.58. The predicted molar refractivity (Wildman–Crippen MR) is 95.2 cm³/mol. The lowest BCUT2D eigenvalue weighted by atomic mass is 10.2. The number of hydrogen-bond acceptors (Lipinski definition) is 6. The number of nitro benzene ring substituents is 1. The van der Waals surface area contributed by atoms with Gasteiger partial charge in [-0.2, -0.15) is 10.5 Å². The minimum Gasteiger partial charge on any atom is -0.360 e. The summed E-state index contributed by atoms with van der Waals surface area (Å²) in [4.78, 5) is 22.4. The Hall–Kier alpha value is -3.88. The summed E-state index contributed by atoms with van der Waals surface area (Å²) in [7, 11) is 0. The van der Waals surface area contributed by atoms with Gasteiger partial charge in [0, 0.05) is 24.0 Å². The second-order valence-electron chi connectivity index (χ2n) is 4.88. The van der Waals surface area contributed by atoms with E-state index in [1.54, 1.807) is 30.3 Å². The number of nitrogens with zero attached hydrogens (tertiary/aromatic N) is 3. The molecule has 0 unspecified atom stereocenters. The molecule has 0 aliphatic rings. The first-order chi connectivity index (χ1) is 12.4. The van der Waals surface area contributed by atoms with Crippen LogP contribution < -0.4 is 10.6 Å². The van der Waals surface area contributed by atoms with Gasteiger partial charge < -0.3 is 10.6 Å². The van der Waals surface area contributed by atoms with E-state index in [2.05, 4.69) is 10.6 Å². The Balaban J connectivity index is 2.16. The normalized spacial score (nSPS) is 10.3. The standard InChI is InChI=1S/C17H10ClN5O3/c18-15-6-5-14(23(25)26)7-16(15)22-17(24)12(9-20)10-21-13-3-1-11(8-19)2-4-13/h1-7,10,21H,(H,22,24)/b12-10-. The summed E-state index contributed by atoms with van der Waals surface area (Å²) in [6.07, 6.45) is 1.18. The molecule has 0 spiro atoms. The maximum atomic E-state index is 12.2. The lowest BCUT2D eigenvalue weighted by molar-refractivity contribution is -0.384. The Bertz CT molecular complexity index is 971. The molecule has 128 valence electrons. The summed E-state index contributed by atoms with van der Waals surface area (Å²) in [5.74, 6) is -0.781. The number of halogens is 1. The summed E-state index contributed by atoms with van der Waals surface area (Å²) in [5, 5.41) is 33.9. The molecule has 26 heavy (non-hydrogen) atoms. The molecule has 0 saturated carbocycles. The fourth-order valence-electron chi connectivity index (χ4n) is 1.86. The van der Waals surface area contributed by atoms with Gasteiger partial charge in [-0.15, -0.1) is 0 Å². The van der Waals surface area contributed by atoms with Crippen molar-refractivity contribution in [2.45, 2.75) is 0 Å². The lowest BCUT2D eigenvalue weighted by Crippen LogP contribution is -2.15. The van der Waals surface area contributed by atoms with Crippen LogP contribution in [-0.4, -0.2) is 10.8 Å². The molecule has 9 heteroatoms. The fraction of sp³-hybridized carbons (Fsp3) is 0. The van der Waals surface area contributed by atoms with Crippen LogP contribution in [0.25, 0.3) is 0 Å². The molecule has 0 atom stereocenters. The molecule has 1 amide bonds. The molecule has 0 radical (unpaired) electrons. The fourth-order valence-corrected chi connectivity index (χ4v) is 2.02. The second-order valence-corrected chi connectivity index (χ2v) is 5.29. The first-order valence-electron chi connectivity index (χ1n) is 7.07. The topological polar surface area (TPSA) is 132 Å². The molecule has 0 fully saturated rings. The maximum Gasteiger partial charge on any atom is 0.271 e. The summed E-state index contributed by atoms with van der Waals surface area (Å²) in [6, 6.07) is 13.7. The molecule has 2 aromatic rings. The first-order valence-corrected chi connectivity index (χ1v) is 7.44. The maximum absolute atomic E-state index is 12.2. The number of carbonyl (C=O) groups is 1. The average Bonchev–Trinajstić information content (AvgIpc) is 2.64. The van der Waals surface area contributed by atoms with E-state index in [-0.39, 0.29) is 22.0 Å². The third-order valence-corrected chi connectivity index (χ3v) is 3.50. The van der Waals surface area contributed by atoms with Crippen LogP contribution in [0.15, 0.2) is 54.2 Å². The Morgan fingerprint density at radius 1 is 1.19 bits per heavy atom. The van der Waals surface area contributed by atoms with Gasteiger partial charge in [0.2, 0.25) is 0 Å². The lowest BCUT2D eigenvalue weighted by Gasteiger charge is -2.07. The van der Waals surface area contributed by atoms with Crippen LogP contribution in [0, 0.1) is 32.8 Å². The molecular weight excluding hydrogens is 358 g/mol. The van der Waals surface area contributed by atoms with Crippen molar-refractivity contribution >= 4 is 34.6 Å². The van der Waals surface area contributed by atoms with E-state index in [0.29, 0.717) is 11.3 Å². The van der Waals surface area contributed by atoms with Crippen LogP contribution in [-0.2, 0) is 4.79 Å². The Morgan fingerprint density at radius 3 is 2.46 bits per heavy atom. The van der Waals surface area contributed by atoms with E-state index < -0.39 is 10.8 Å². The first kappa shape index (κ1) is 18.5.